The number of nitrogens with zero attached hydrogens (tertiary/aromatic N) is 3. The molecule has 120 valence electrons. The fourth-order valence-corrected chi connectivity index (χ4v) is 2.28. The normalized spacial score (nSPS) is 17.2. The van der Waals surface area contributed by atoms with Gasteiger partial charge < -0.3 is 15.4 Å². The molecule has 0 saturated carbocycles. The summed E-state index contributed by atoms with van der Waals surface area (Å²) in [4.78, 5) is 16.4. The maximum absolute atomic E-state index is 12.3. The Bertz CT molecular complexity index is 337. The van der Waals surface area contributed by atoms with Gasteiger partial charge in [0.25, 0.3) is 0 Å². The van der Waals surface area contributed by atoms with Gasteiger partial charge in [-0.05, 0) is 18.9 Å². The lowest BCUT2D eigenvalue weighted by Crippen LogP contribution is -2.43. The summed E-state index contributed by atoms with van der Waals surface area (Å²) in [7, 11) is 0. The number of nitrogens with two attached hydrogens (primary N) is 1. The van der Waals surface area contributed by atoms with Crippen molar-refractivity contribution in [3.8, 4) is 6.07 Å². The molecule has 1 atom stereocenters. The second-order valence-electron chi connectivity index (χ2n) is 5.62. The fourth-order valence-electron chi connectivity index (χ4n) is 2.28. The van der Waals surface area contributed by atoms with Crippen molar-refractivity contribution in [2.24, 2.45) is 11.7 Å². The van der Waals surface area contributed by atoms with Gasteiger partial charge in [0.2, 0.25) is 5.91 Å². The topological polar surface area (TPSA) is 82.6 Å². The summed E-state index contributed by atoms with van der Waals surface area (Å²) < 4.78 is 5.32. The summed E-state index contributed by atoms with van der Waals surface area (Å²) >= 11 is 0. The molecule has 1 heterocycles. The van der Waals surface area contributed by atoms with Crippen LogP contribution in [0.25, 0.3) is 0 Å². The number of rotatable bonds is 9. The maximum Gasteiger partial charge on any atom is 0.222 e. The van der Waals surface area contributed by atoms with Crippen LogP contribution < -0.4 is 5.73 Å². The minimum atomic E-state index is 0.138. The monoisotopic (exact) mass is 296 g/mol. The summed E-state index contributed by atoms with van der Waals surface area (Å²) in [6, 6.07) is 2.12. The van der Waals surface area contributed by atoms with Gasteiger partial charge in [0.05, 0.1) is 25.7 Å². The van der Waals surface area contributed by atoms with Crippen LogP contribution in [0.3, 0.4) is 0 Å². The SMILES string of the molecule is CC(CN)CCC(=O)N(CCC#N)CCN1CCOCC1. The Morgan fingerprint density at radius 1 is 1.43 bits per heavy atom. The van der Waals surface area contributed by atoms with Crippen molar-refractivity contribution in [1.82, 2.24) is 9.80 Å². The Labute approximate surface area is 127 Å². The van der Waals surface area contributed by atoms with E-state index in [9.17, 15) is 4.79 Å². The first-order valence-corrected chi connectivity index (χ1v) is 7.82. The molecular weight excluding hydrogens is 268 g/mol. The van der Waals surface area contributed by atoms with Crippen LogP contribution in [0, 0.1) is 17.2 Å². The van der Waals surface area contributed by atoms with Gasteiger partial charge in [0, 0.05) is 39.1 Å². The van der Waals surface area contributed by atoms with E-state index in [2.05, 4.69) is 17.9 Å². The summed E-state index contributed by atoms with van der Waals surface area (Å²) in [6.07, 6.45) is 1.73. The predicted molar refractivity (Wildman–Crippen MR) is 81.5 cm³/mol. The molecule has 1 unspecified atom stereocenters. The molecule has 0 aromatic heterocycles. The van der Waals surface area contributed by atoms with Gasteiger partial charge in [-0.2, -0.15) is 5.26 Å². The highest BCUT2D eigenvalue weighted by Gasteiger charge is 2.17. The molecule has 1 fully saturated rings. The number of nitriles is 1. The molecule has 0 aliphatic carbocycles. The lowest BCUT2D eigenvalue weighted by atomic mass is 10.1. The first-order valence-electron chi connectivity index (χ1n) is 7.82. The molecule has 1 aliphatic heterocycles. The largest absolute Gasteiger partial charge is 0.379 e. The van der Waals surface area contributed by atoms with Crippen LogP contribution in [0.2, 0.25) is 0 Å². The van der Waals surface area contributed by atoms with Gasteiger partial charge in [0.1, 0.15) is 0 Å². The smallest absolute Gasteiger partial charge is 0.222 e. The molecule has 0 spiro atoms. The Balaban J connectivity index is 2.38. The third-order valence-electron chi connectivity index (χ3n) is 3.89. The summed E-state index contributed by atoms with van der Waals surface area (Å²) in [5.41, 5.74) is 5.58. The van der Waals surface area contributed by atoms with Crippen LogP contribution in [0.4, 0.5) is 0 Å². The minimum Gasteiger partial charge on any atom is -0.379 e. The molecule has 0 aromatic rings. The zero-order valence-electron chi connectivity index (χ0n) is 13.1. The zero-order chi connectivity index (χ0) is 15.5. The van der Waals surface area contributed by atoms with Gasteiger partial charge in [0.15, 0.2) is 0 Å². The van der Waals surface area contributed by atoms with Gasteiger partial charge in [-0.1, -0.05) is 6.92 Å². The lowest BCUT2D eigenvalue weighted by Gasteiger charge is -2.30. The van der Waals surface area contributed by atoms with E-state index in [1.165, 1.54) is 0 Å². The highest BCUT2D eigenvalue weighted by atomic mass is 16.5. The van der Waals surface area contributed by atoms with E-state index in [-0.39, 0.29) is 5.91 Å². The van der Waals surface area contributed by atoms with Crippen molar-refractivity contribution in [2.45, 2.75) is 26.2 Å². The number of morpholine rings is 1. The molecule has 6 heteroatoms. The second-order valence-corrected chi connectivity index (χ2v) is 5.62. The van der Waals surface area contributed by atoms with Crippen molar-refractivity contribution in [2.75, 3.05) is 52.5 Å². The quantitative estimate of drug-likeness (QED) is 0.667. The Kier molecular flexibility index (Phi) is 8.99. The van der Waals surface area contributed by atoms with Gasteiger partial charge >= 0.3 is 0 Å². The van der Waals surface area contributed by atoms with Crippen LogP contribution in [0.1, 0.15) is 26.2 Å². The Hall–Kier alpha value is -1.16. The van der Waals surface area contributed by atoms with Crippen LogP contribution in [-0.4, -0.2) is 68.2 Å². The number of hydrogen-bond acceptors (Lipinski definition) is 5. The molecule has 6 nitrogen and oxygen atoms in total. The highest BCUT2D eigenvalue weighted by Crippen LogP contribution is 2.07. The van der Waals surface area contributed by atoms with Crippen molar-refractivity contribution in [3.63, 3.8) is 0 Å². The van der Waals surface area contributed by atoms with E-state index in [1.807, 2.05) is 4.90 Å². The first kappa shape index (κ1) is 17.9. The average Bonchev–Trinajstić information content (AvgIpc) is 2.53. The van der Waals surface area contributed by atoms with E-state index in [0.29, 0.717) is 38.4 Å². The standard InChI is InChI=1S/C15H28N4O2/c1-14(13-17)3-4-15(20)19(6-2-5-16)8-7-18-9-11-21-12-10-18/h14H,2-4,6-13,17H2,1H3. The van der Waals surface area contributed by atoms with E-state index < -0.39 is 0 Å². The molecule has 1 rings (SSSR count). The number of amides is 1. The molecule has 0 radical (unpaired) electrons. The van der Waals surface area contributed by atoms with Crippen LogP contribution in [0.5, 0.6) is 0 Å². The van der Waals surface area contributed by atoms with Crippen molar-refractivity contribution >= 4 is 5.91 Å². The zero-order valence-corrected chi connectivity index (χ0v) is 13.1. The third kappa shape index (κ3) is 7.42. The van der Waals surface area contributed by atoms with Gasteiger partial charge in [-0.15, -0.1) is 0 Å². The van der Waals surface area contributed by atoms with Crippen LogP contribution in [-0.2, 0) is 9.53 Å². The fraction of sp³-hybridized carbons (Fsp3) is 0.867. The highest BCUT2D eigenvalue weighted by molar-refractivity contribution is 5.76. The van der Waals surface area contributed by atoms with E-state index in [0.717, 1.165) is 39.3 Å². The summed E-state index contributed by atoms with van der Waals surface area (Å²) in [6.45, 7) is 8.11. The first-order chi connectivity index (χ1) is 10.2. The third-order valence-corrected chi connectivity index (χ3v) is 3.89. The summed E-state index contributed by atoms with van der Waals surface area (Å²) in [5.74, 6) is 0.504. The lowest BCUT2D eigenvalue weighted by molar-refractivity contribution is -0.131. The molecule has 0 aromatic carbocycles. The number of hydrogen-bond donors (Lipinski definition) is 1. The minimum absolute atomic E-state index is 0.138. The van der Waals surface area contributed by atoms with Crippen molar-refractivity contribution in [3.05, 3.63) is 0 Å². The number of carbonyl (C=O) groups excluding carboxylic acids is 1. The molecule has 1 amide bonds. The van der Waals surface area contributed by atoms with Crippen molar-refractivity contribution in [1.29, 1.82) is 5.26 Å². The number of ether oxygens (including phenoxy) is 1. The molecule has 1 aliphatic rings. The van der Waals surface area contributed by atoms with Gasteiger partial charge in [-0.25, -0.2) is 0 Å². The molecule has 21 heavy (non-hydrogen) atoms. The van der Waals surface area contributed by atoms with E-state index in [4.69, 9.17) is 15.7 Å². The summed E-state index contributed by atoms with van der Waals surface area (Å²) in [5, 5.41) is 8.74. The van der Waals surface area contributed by atoms with Gasteiger partial charge in [-0.3, -0.25) is 9.69 Å². The molecule has 0 bridgehead atoms. The molecule has 1 saturated heterocycles. The molecule has 2 N–H and O–H groups in total. The maximum atomic E-state index is 12.3. The van der Waals surface area contributed by atoms with E-state index in [1.54, 1.807) is 0 Å². The van der Waals surface area contributed by atoms with Crippen LogP contribution >= 0.6 is 0 Å². The van der Waals surface area contributed by atoms with E-state index >= 15 is 0 Å². The second kappa shape index (κ2) is 10.6. The molecular formula is C15H28N4O2. The predicted octanol–water partition coefficient (Wildman–Crippen LogP) is 0.436. The Morgan fingerprint density at radius 2 is 2.14 bits per heavy atom. The average molecular weight is 296 g/mol. The number of carbonyl (C=O) groups is 1. The van der Waals surface area contributed by atoms with Crippen molar-refractivity contribution < 1.29 is 9.53 Å². The Morgan fingerprint density at radius 3 is 2.76 bits per heavy atom. The van der Waals surface area contributed by atoms with Crippen LogP contribution in [0.15, 0.2) is 0 Å².